The minimum absolute atomic E-state index is 0.0542. The van der Waals surface area contributed by atoms with Crippen LogP contribution in [-0.4, -0.2) is 64.3 Å². The van der Waals surface area contributed by atoms with Gasteiger partial charge in [0.05, 0.1) is 25.4 Å². The van der Waals surface area contributed by atoms with E-state index in [4.69, 9.17) is 14.2 Å². The van der Waals surface area contributed by atoms with Crippen LogP contribution in [0.3, 0.4) is 0 Å². The summed E-state index contributed by atoms with van der Waals surface area (Å²) in [5.41, 5.74) is 4.23. The minimum Gasteiger partial charge on any atom is -0.394 e. The molecule has 5 aliphatic rings. The molecule has 7 heteroatoms. The second-order valence-electron chi connectivity index (χ2n) is 11.0. The van der Waals surface area contributed by atoms with E-state index in [1.807, 2.05) is 6.92 Å². The first-order valence-corrected chi connectivity index (χ1v) is 12.3. The van der Waals surface area contributed by atoms with Crippen molar-refractivity contribution in [3.05, 3.63) is 35.5 Å². The lowest BCUT2D eigenvalue weighted by atomic mass is 9.63. The highest BCUT2D eigenvalue weighted by Gasteiger charge is 2.67. The van der Waals surface area contributed by atoms with Gasteiger partial charge in [0, 0.05) is 54.4 Å². The summed E-state index contributed by atoms with van der Waals surface area (Å²) in [4.78, 5) is 15.5. The normalized spacial score (nSPS) is 44.3. The van der Waals surface area contributed by atoms with Crippen LogP contribution in [0.1, 0.15) is 43.5 Å². The number of carbonyl (C=O) groups is 1. The fraction of sp³-hybridized carbons (Fsp3) is 0.654. The number of aryl methyl sites for hydroxylation is 1. The number of hydrogen-bond donors (Lipinski definition) is 1. The zero-order valence-corrected chi connectivity index (χ0v) is 19.5. The smallest absolute Gasteiger partial charge is 0.232 e. The average Bonchev–Trinajstić information content (AvgIpc) is 3.38. The summed E-state index contributed by atoms with van der Waals surface area (Å²) in [6.45, 7) is 2.46. The van der Waals surface area contributed by atoms with Gasteiger partial charge in [-0.1, -0.05) is 18.2 Å². The van der Waals surface area contributed by atoms with Crippen LogP contribution in [0, 0.1) is 17.8 Å². The molecular weight excluding hydrogens is 420 g/mol. The Bertz CT molecular complexity index is 1160. The summed E-state index contributed by atoms with van der Waals surface area (Å²) < 4.78 is 21.2. The summed E-state index contributed by atoms with van der Waals surface area (Å²) in [6, 6.07) is 9.48. The van der Waals surface area contributed by atoms with Crippen molar-refractivity contribution in [3.63, 3.8) is 0 Å². The van der Waals surface area contributed by atoms with E-state index in [0.717, 1.165) is 12.8 Å². The number of carbonyl (C=O) groups excluding carboxylic acids is 1. The van der Waals surface area contributed by atoms with Crippen LogP contribution in [-0.2, 0) is 32.5 Å². The molecule has 4 fully saturated rings. The van der Waals surface area contributed by atoms with Gasteiger partial charge in [-0.25, -0.2) is 0 Å². The van der Waals surface area contributed by atoms with Crippen LogP contribution >= 0.6 is 0 Å². The van der Waals surface area contributed by atoms with E-state index in [-0.39, 0.29) is 24.7 Å². The number of piperidine rings is 1. The zero-order valence-electron chi connectivity index (χ0n) is 19.5. The Morgan fingerprint density at radius 3 is 2.79 bits per heavy atom. The van der Waals surface area contributed by atoms with Crippen LogP contribution in [0.5, 0.6) is 0 Å². The number of aromatic nitrogens is 1. The van der Waals surface area contributed by atoms with Gasteiger partial charge in [0.25, 0.3) is 0 Å². The van der Waals surface area contributed by atoms with Gasteiger partial charge in [-0.3, -0.25) is 9.69 Å². The van der Waals surface area contributed by atoms with Crippen molar-refractivity contribution in [2.45, 2.75) is 62.4 Å². The number of Topliss-reactive ketones (excluding diaryl/α,β-unsaturated/α-hetero) is 1. The molecule has 2 aromatic rings. The number of hydrogen-bond acceptors (Lipinski definition) is 6. The van der Waals surface area contributed by atoms with Crippen LogP contribution in [0.15, 0.2) is 24.3 Å². The highest BCUT2D eigenvalue weighted by molar-refractivity contribution is 5.88. The molecule has 0 aliphatic carbocycles. The Balaban J connectivity index is 1.28. The second-order valence-corrected chi connectivity index (χ2v) is 11.0. The maximum atomic E-state index is 12.9. The maximum absolute atomic E-state index is 12.9. The van der Waals surface area contributed by atoms with Crippen molar-refractivity contribution in [2.75, 3.05) is 20.3 Å². The van der Waals surface area contributed by atoms with Crippen molar-refractivity contribution < 1.29 is 24.1 Å². The Morgan fingerprint density at radius 2 is 2.00 bits per heavy atom. The van der Waals surface area contributed by atoms with Gasteiger partial charge in [0.1, 0.15) is 0 Å². The molecule has 7 nitrogen and oxygen atoms in total. The molecule has 0 amide bonds. The fourth-order valence-electron chi connectivity index (χ4n) is 8.00. The number of rotatable bonds is 1. The molecule has 1 spiro atoms. The SMILES string of the molecule is CN1[C@H]2C[C@@H]3[C@@H](CO[C@@]4(C)O[C@@]5(C[C@@H]34)O[C@H](CO)CC5=O)[C@@H]1Cc1c2n(C)c2ccccc12. The van der Waals surface area contributed by atoms with Gasteiger partial charge in [0.15, 0.2) is 11.6 Å². The van der Waals surface area contributed by atoms with Gasteiger partial charge >= 0.3 is 0 Å². The molecule has 8 atom stereocenters. The number of ketones is 1. The van der Waals surface area contributed by atoms with Crippen molar-refractivity contribution >= 4 is 16.7 Å². The highest BCUT2D eigenvalue weighted by Crippen LogP contribution is 2.60. The third-order valence-corrected chi connectivity index (χ3v) is 9.55. The number of aliphatic hydroxyl groups is 1. The topological polar surface area (TPSA) is 73.2 Å². The molecule has 176 valence electrons. The van der Waals surface area contributed by atoms with Crippen molar-refractivity contribution in [3.8, 4) is 0 Å². The van der Waals surface area contributed by atoms with Gasteiger partial charge in [-0.15, -0.1) is 0 Å². The predicted octanol–water partition coefficient (Wildman–Crippen LogP) is 2.54. The summed E-state index contributed by atoms with van der Waals surface area (Å²) in [5, 5.41) is 11.0. The third kappa shape index (κ3) is 2.55. The maximum Gasteiger partial charge on any atom is 0.232 e. The third-order valence-electron chi connectivity index (χ3n) is 9.55. The first-order chi connectivity index (χ1) is 15.8. The summed E-state index contributed by atoms with van der Waals surface area (Å²) in [7, 11) is 4.46. The van der Waals surface area contributed by atoms with E-state index in [9.17, 15) is 9.90 Å². The fourth-order valence-corrected chi connectivity index (χ4v) is 8.00. The van der Waals surface area contributed by atoms with E-state index in [1.165, 1.54) is 22.2 Å². The van der Waals surface area contributed by atoms with E-state index in [2.05, 4.69) is 47.8 Å². The van der Waals surface area contributed by atoms with Gasteiger partial charge < -0.3 is 23.9 Å². The Kier molecular flexibility index (Phi) is 4.16. The summed E-state index contributed by atoms with van der Waals surface area (Å²) >= 11 is 0. The van der Waals surface area contributed by atoms with Crippen LogP contribution in [0.4, 0.5) is 0 Å². The van der Waals surface area contributed by atoms with E-state index < -0.39 is 17.7 Å². The summed E-state index contributed by atoms with van der Waals surface area (Å²) in [5.74, 6) is -1.27. The van der Waals surface area contributed by atoms with Gasteiger partial charge in [-0.05, 0) is 44.4 Å². The van der Waals surface area contributed by atoms with Crippen LogP contribution in [0.2, 0.25) is 0 Å². The Hall–Kier alpha value is -1.77. The van der Waals surface area contributed by atoms with Crippen molar-refractivity contribution in [1.29, 1.82) is 0 Å². The van der Waals surface area contributed by atoms with Crippen molar-refractivity contribution in [1.82, 2.24) is 9.47 Å². The molecule has 33 heavy (non-hydrogen) atoms. The molecule has 0 saturated carbocycles. The number of nitrogens with zero attached hydrogens (tertiary/aromatic N) is 2. The second kappa shape index (κ2) is 6.67. The molecule has 0 radical (unpaired) electrons. The van der Waals surface area contributed by atoms with Crippen molar-refractivity contribution in [2.24, 2.45) is 24.8 Å². The van der Waals surface area contributed by atoms with E-state index in [1.54, 1.807) is 0 Å². The number of ether oxygens (including phenoxy) is 3. The number of benzene rings is 1. The van der Waals surface area contributed by atoms with Gasteiger partial charge in [0.2, 0.25) is 5.79 Å². The molecule has 7 rings (SSSR count). The molecular formula is C26H32N2O5. The van der Waals surface area contributed by atoms with Crippen LogP contribution < -0.4 is 0 Å². The van der Waals surface area contributed by atoms with Crippen LogP contribution in [0.25, 0.3) is 10.9 Å². The number of aliphatic hydroxyl groups excluding tert-OH is 1. The monoisotopic (exact) mass is 452 g/mol. The molecule has 5 aliphatic heterocycles. The number of likely N-dealkylation sites (N-methyl/N-ethyl adjacent to an activating group) is 1. The van der Waals surface area contributed by atoms with E-state index in [0.29, 0.717) is 36.9 Å². The largest absolute Gasteiger partial charge is 0.394 e. The lowest BCUT2D eigenvalue weighted by Crippen LogP contribution is -2.60. The number of fused-ring (bicyclic) bond motifs is 10. The van der Waals surface area contributed by atoms with E-state index >= 15 is 0 Å². The highest BCUT2D eigenvalue weighted by atomic mass is 16.8. The zero-order chi connectivity index (χ0) is 22.7. The lowest BCUT2D eigenvalue weighted by Gasteiger charge is -2.57. The minimum atomic E-state index is -1.26. The molecule has 1 aromatic heterocycles. The standard InChI is InChI=1S/C26H32N2O5/c1-25-19(11-26(33-25)23(30)8-14(12-29)32-26)16-9-22-24-17(10-21(27(22)2)18(16)13-31-25)15-6-4-5-7-20(15)28(24)3/h4-7,14,16,18-19,21-22,29H,8-13H2,1-3H3/t14-,16+,18+,19-,21-,22-,25-,26+/m0/s1. The molecule has 2 bridgehead atoms. The molecule has 1 aromatic carbocycles. The quantitative estimate of drug-likeness (QED) is 0.717. The number of para-hydroxylation sites is 1. The molecule has 1 N–H and O–H groups in total. The lowest BCUT2D eigenvalue weighted by molar-refractivity contribution is -0.328. The first-order valence-electron chi connectivity index (χ1n) is 12.3. The summed E-state index contributed by atoms with van der Waals surface area (Å²) in [6.07, 6.45) is 2.29. The molecule has 6 heterocycles. The molecule has 0 unspecified atom stereocenters. The molecule has 4 saturated heterocycles. The average molecular weight is 453 g/mol. The Labute approximate surface area is 193 Å². The predicted molar refractivity (Wildman–Crippen MR) is 120 cm³/mol. The first kappa shape index (κ1) is 20.6. The Morgan fingerprint density at radius 1 is 1.18 bits per heavy atom. The van der Waals surface area contributed by atoms with Gasteiger partial charge in [-0.2, -0.15) is 0 Å².